The summed E-state index contributed by atoms with van der Waals surface area (Å²) < 4.78 is 0. The minimum atomic E-state index is -0.467. The maximum Gasteiger partial charge on any atom is 0.226 e. The molecule has 0 saturated carbocycles. The summed E-state index contributed by atoms with van der Waals surface area (Å²) in [4.78, 5) is 11.7. The quantitative estimate of drug-likeness (QED) is 0.812. The lowest BCUT2D eigenvalue weighted by atomic mass is 10.0. The number of carbonyl (C=O) groups excluding carboxylic acids is 1. The molecule has 0 aliphatic carbocycles. The van der Waals surface area contributed by atoms with E-state index >= 15 is 0 Å². The van der Waals surface area contributed by atoms with Gasteiger partial charge in [-0.25, -0.2) is 0 Å². The number of unbranched alkanes of at least 4 members (excludes halogenated alkanes) is 1. The summed E-state index contributed by atoms with van der Waals surface area (Å²) in [6.45, 7) is 5.88. The molecule has 3 heteroatoms. The first-order valence-corrected chi connectivity index (χ1v) is 6.58. The van der Waals surface area contributed by atoms with Crippen LogP contribution in [-0.2, 0) is 11.2 Å². The van der Waals surface area contributed by atoms with E-state index in [1.807, 2.05) is 26.0 Å². The smallest absolute Gasteiger partial charge is 0.226 e. The van der Waals surface area contributed by atoms with Gasteiger partial charge in [0.15, 0.2) is 0 Å². The Labute approximate surface area is 110 Å². The number of rotatable bonds is 6. The molecule has 0 aliphatic heterocycles. The van der Waals surface area contributed by atoms with Gasteiger partial charge < -0.3 is 11.1 Å². The van der Waals surface area contributed by atoms with Gasteiger partial charge in [0.2, 0.25) is 5.91 Å². The van der Waals surface area contributed by atoms with Crippen molar-refractivity contribution in [1.29, 1.82) is 0 Å². The van der Waals surface area contributed by atoms with E-state index in [0.29, 0.717) is 6.42 Å². The fourth-order valence-electron chi connectivity index (χ4n) is 1.75. The lowest BCUT2D eigenvalue weighted by Crippen LogP contribution is -2.36. The Morgan fingerprint density at radius 2 is 1.89 bits per heavy atom. The highest BCUT2D eigenvalue weighted by atomic mass is 16.1. The molecule has 0 radical (unpaired) electrons. The third-order valence-electron chi connectivity index (χ3n) is 2.67. The predicted molar refractivity (Wildman–Crippen MR) is 76.6 cm³/mol. The number of hydrogen-bond donors (Lipinski definition) is 2. The number of aryl methyl sites for hydroxylation is 1. The van der Waals surface area contributed by atoms with Gasteiger partial charge in [-0.3, -0.25) is 4.79 Å². The third kappa shape index (κ3) is 5.82. The second kappa shape index (κ2) is 6.55. The molecule has 0 heterocycles. The van der Waals surface area contributed by atoms with Gasteiger partial charge in [-0.1, -0.05) is 25.5 Å². The zero-order valence-electron chi connectivity index (χ0n) is 11.6. The number of nitrogens with two attached hydrogens (primary N) is 1. The van der Waals surface area contributed by atoms with Crippen LogP contribution in [-0.4, -0.2) is 11.4 Å². The maximum absolute atomic E-state index is 11.7. The van der Waals surface area contributed by atoms with Gasteiger partial charge in [0.25, 0.3) is 0 Å². The van der Waals surface area contributed by atoms with Crippen LogP contribution in [0.1, 0.15) is 45.6 Å². The minimum absolute atomic E-state index is 0.0381. The Balaban J connectivity index is 2.50. The van der Waals surface area contributed by atoms with Crippen LogP contribution in [0.4, 0.5) is 5.69 Å². The average Bonchev–Trinajstić information content (AvgIpc) is 2.25. The number of nitrogens with one attached hydrogen (secondary N) is 1. The van der Waals surface area contributed by atoms with E-state index in [-0.39, 0.29) is 5.91 Å². The van der Waals surface area contributed by atoms with Gasteiger partial charge >= 0.3 is 0 Å². The topological polar surface area (TPSA) is 55.1 Å². The highest BCUT2D eigenvalue weighted by Crippen LogP contribution is 2.13. The molecule has 3 nitrogen and oxygen atoms in total. The first kappa shape index (κ1) is 14.7. The van der Waals surface area contributed by atoms with Crippen molar-refractivity contribution in [3.05, 3.63) is 29.8 Å². The van der Waals surface area contributed by atoms with Gasteiger partial charge in [-0.15, -0.1) is 0 Å². The zero-order valence-corrected chi connectivity index (χ0v) is 11.6. The van der Waals surface area contributed by atoms with Crippen LogP contribution in [0.2, 0.25) is 0 Å². The summed E-state index contributed by atoms with van der Waals surface area (Å²) in [7, 11) is 0. The van der Waals surface area contributed by atoms with Crippen LogP contribution in [0.5, 0.6) is 0 Å². The Kier molecular flexibility index (Phi) is 5.35. The molecular weight excluding hydrogens is 224 g/mol. The minimum Gasteiger partial charge on any atom is -0.326 e. The van der Waals surface area contributed by atoms with Crippen molar-refractivity contribution in [2.75, 3.05) is 5.32 Å². The molecule has 1 aromatic rings. The van der Waals surface area contributed by atoms with E-state index in [1.165, 1.54) is 18.4 Å². The number of amides is 1. The van der Waals surface area contributed by atoms with E-state index in [0.717, 1.165) is 12.1 Å². The lowest BCUT2D eigenvalue weighted by Gasteiger charge is -2.17. The van der Waals surface area contributed by atoms with Crippen LogP contribution in [0.15, 0.2) is 24.3 Å². The molecule has 0 fully saturated rings. The first-order valence-electron chi connectivity index (χ1n) is 6.58. The van der Waals surface area contributed by atoms with Crippen LogP contribution in [0.25, 0.3) is 0 Å². The Hall–Kier alpha value is -1.35. The van der Waals surface area contributed by atoms with Gasteiger partial charge in [-0.2, -0.15) is 0 Å². The summed E-state index contributed by atoms with van der Waals surface area (Å²) >= 11 is 0. The molecular formula is C15H24N2O. The first-order chi connectivity index (χ1) is 8.40. The molecule has 0 unspecified atom stereocenters. The van der Waals surface area contributed by atoms with Gasteiger partial charge in [0, 0.05) is 17.6 Å². The molecule has 3 N–H and O–H groups in total. The molecule has 0 bridgehead atoms. The molecule has 0 aromatic heterocycles. The van der Waals surface area contributed by atoms with Crippen molar-refractivity contribution >= 4 is 11.6 Å². The fraction of sp³-hybridized carbons (Fsp3) is 0.533. The largest absolute Gasteiger partial charge is 0.326 e. The van der Waals surface area contributed by atoms with Crippen LogP contribution >= 0.6 is 0 Å². The fourth-order valence-corrected chi connectivity index (χ4v) is 1.75. The SMILES string of the molecule is CCCCc1ccc(NC(=O)CC(C)(C)N)cc1. The summed E-state index contributed by atoms with van der Waals surface area (Å²) in [6.07, 6.45) is 3.82. The number of anilines is 1. The van der Waals surface area contributed by atoms with Crippen molar-refractivity contribution in [1.82, 2.24) is 0 Å². The van der Waals surface area contributed by atoms with Crippen molar-refractivity contribution in [3.8, 4) is 0 Å². The number of hydrogen-bond acceptors (Lipinski definition) is 2. The molecule has 1 rings (SSSR count). The van der Waals surface area contributed by atoms with E-state index in [4.69, 9.17) is 5.73 Å². The van der Waals surface area contributed by atoms with Crippen molar-refractivity contribution in [3.63, 3.8) is 0 Å². The van der Waals surface area contributed by atoms with Crippen molar-refractivity contribution < 1.29 is 4.79 Å². The average molecular weight is 248 g/mol. The van der Waals surface area contributed by atoms with Crippen molar-refractivity contribution in [2.45, 2.75) is 52.0 Å². The highest BCUT2D eigenvalue weighted by molar-refractivity contribution is 5.91. The standard InChI is InChI=1S/C15H24N2O/c1-4-5-6-12-7-9-13(10-8-12)17-14(18)11-15(2,3)16/h7-10H,4-6,11,16H2,1-3H3,(H,17,18). The van der Waals surface area contributed by atoms with E-state index in [2.05, 4.69) is 24.4 Å². The molecule has 1 amide bonds. The second-order valence-electron chi connectivity index (χ2n) is 5.51. The molecule has 0 spiro atoms. The lowest BCUT2D eigenvalue weighted by molar-refractivity contribution is -0.117. The van der Waals surface area contributed by atoms with Crippen LogP contribution in [0, 0.1) is 0 Å². The van der Waals surface area contributed by atoms with Crippen molar-refractivity contribution in [2.24, 2.45) is 5.73 Å². The molecule has 0 saturated heterocycles. The van der Waals surface area contributed by atoms with Gasteiger partial charge in [-0.05, 0) is 44.4 Å². The molecule has 100 valence electrons. The number of carbonyl (C=O) groups is 1. The Morgan fingerprint density at radius 1 is 1.28 bits per heavy atom. The normalized spacial score (nSPS) is 11.3. The predicted octanol–water partition coefficient (Wildman–Crippen LogP) is 3.10. The molecule has 18 heavy (non-hydrogen) atoms. The monoisotopic (exact) mass is 248 g/mol. The summed E-state index contributed by atoms with van der Waals surface area (Å²) in [6, 6.07) is 8.04. The van der Waals surface area contributed by atoms with Gasteiger partial charge in [0.1, 0.15) is 0 Å². The molecule has 0 atom stereocenters. The zero-order chi connectivity index (χ0) is 13.6. The van der Waals surface area contributed by atoms with E-state index in [1.54, 1.807) is 0 Å². The summed E-state index contributed by atoms with van der Waals surface area (Å²) in [5, 5.41) is 2.86. The second-order valence-corrected chi connectivity index (χ2v) is 5.51. The third-order valence-corrected chi connectivity index (χ3v) is 2.67. The molecule has 0 aliphatic rings. The van der Waals surface area contributed by atoms with Gasteiger partial charge in [0.05, 0.1) is 0 Å². The summed E-state index contributed by atoms with van der Waals surface area (Å²) in [5.74, 6) is -0.0381. The number of benzene rings is 1. The highest BCUT2D eigenvalue weighted by Gasteiger charge is 2.16. The van der Waals surface area contributed by atoms with E-state index < -0.39 is 5.54 Å². The Bertz CT molecular complexity index is 376. The summed E-state index contributed by atoms with van der Waals surface area (Å²) in [5.41, 5.74) is 7.49. The van der Waals surface area contributed by atoms with Crippen LogP contribution in [0.3, 0.4) is 0 Å². The Morgan fingerprint density at radius 3 is 2.39 bits per heavy atom. The van der Waals surface area contributed by atoms with E-state index in [9.17, 15) is 4.79 Å². The van der Waals surface area contributed by atoms with Crippen LogP contribution < -0.4 is 11.1 Å². The molecule has 1 aromatic carbocycles. The maximum atomic E-state index is 11.7.